The number of aliphatic carboxylic acids is 1. The minimum absolute atomic E-state index is 0.107. The molecule has 0 aliphatic carbocycles. The quantitative estimate of drug-likeness (QED) is 0.603. The second-order valence-corrected chi connectivity index (χ2v) is 3.14. The highest BCUT2D eigenvalue weighted by Crippen LogP contribution is 2.16. The summed E-state index contributed by atoms with van der Waals surface area (Å²) in [6.45, 7) is 0.413. The molecule has 1 amide bonds. The fourth-order valence-corrected chi connectivity index (χ4v) is 1.60. The Balaban J connectivity index is 2.67. The number of amides is 1. The first-order valence-corrected chi connectivity index (χ1v) is 4.39. The minimum Gasteiger partial charge on any atom is -0.480 e. The number of nitrogens with two attached hydrogens (primary N) is 1. The van der Waals surface area contributed by atoms with E-state index in [1.165, 1.54) is 4.90 Å². The van der Waals surface area contributed by atoms with Crippen molar-refractivity contribution in [3.05, 3.63) is 0 Å². The topological polar surface area (TPSA) is 83.6 Å². The molecule has 0 aromatic carbocycles. The van der Waals surface area contributed by atoms with Crippen molar-refractivity contribution in [2.75, 3.05) is 13.1 Å². The molecule has 1 rings (SSSR count). The van der Waals surface area contributed by atoms with Crippen molar-refractivity contribution >= 4 is 11.9 Å². The van der Waals surface area contributed by atoms with Crippen LogP contribution in [0.2, 0.25) is 0 Å². The fraction of sp³-hybridized carbons (Fsp3) is 0.750. The summed E-state index contributed by atoms with van der Waals surface area (Å²) in [6, 6.07) is -0.662. The molecular weight excluding hydrogens is 172 g/mol. The van der Waals surface area contributed by atoms with Crippen LogP contribution < -0.4 is 5.73 Å². The maximum absolute atomic E-state index is 11.2. The highest BCUT2D eigenvalue weighted by Gasteiger charge is 2.30. The summed E-state index contributed by atoms with van der Waals surface area (Å²) in [6.07, 6.45) is 2.28. The number of carboxylic acids is 1. The molecule has 0 radical (unpaired) electrons. The van der Waals surface area contributed by atoms with Crippen LogP contribution in [-0.4, -0.2) is 41.0 Å². The number of hydrogen-bond acceptors (Lipinski definition) is 3. The molecule has 1 heterocycles. The van der Waals surface area contributed by atoms with Gasteiger partial charge >= 0.3 is 5.97 Å². The summed E-state index contributed by atoms with van der Waals surface area (Å²) in [4.78, 5) is 23.3. The summed E-state index contributed by atoms with van der Waals surface area (Å²) in [5.41, 5.74) is 5.18. The van der Waals surface area contributed by atoms with Gasteiger partial charge in [-0.2, -0.15) is 0 Å². The lowest BCUT2D eigenvalue weighted by molar-refractivity contribution is -0.151. The standard InChI is InChI=1S/C8H14N2O3/c9-5-7(11)10-4-2-1-3-6(10)8(12)13/h6H,1-5,9H2,(H,12,13). The van der Waals surface area contributed by atoms with E-state index in [2.05, 4.69) is 0 Å². The monoisotopic (exact) mass is 186 g/mol. The highest BCUT2D eigenvalue weighted by molar-refractivity contribution is 5.84. The van der Waals surface area contributed by atoms with E-state index in [1.807, 2.05) is 0 Å². The van der Waals surface area contributed by atoms with Crippen LogP contribution in [0.1, 0.15) is 19.3 Å². The number of likely N-dealkylation sites (tertiary alicyclic amines) is 1. The van der Waals surface area contributed by atoms with Crippen molar-refractivity contribution in [2.24, 2.45) is 5.73 Å². The average molecular weight is 186 g/mol. The van der Waals surface area contributed by atoms with E-state index >= 15 is 0 Å². The first kappa shape index (κ1) is 9.98. The van der Waals surface area contributed by atoms with E-state index in [1.54, 1.807) is 0 Å². The molecule has 74 valence electrons. The predicted molar refractivity (Wildman–Crippen MR) is 46.0 cm³/mol. The lowest BCUT2D eigenvalue weighted by Crippen LogP contribution is -2.50. The van der Waals surface area contributed by atoms with Gasteiger partial charge < -0.3 is 15.7 Å². The molecule has 13 heavy (non-hydrogen) atoms. The molecule has 5 heteroatoms. The smallest absolute Gasteiger partial charge is 0.326 e. The summed E-state index contributed by atoms with van der Waals surface area (Å²) in [7, 11) is 0. The number of rotatable bonds is 2. The summed E-state index contributed by atoms with van der Waals surface area (Å²) in [5, 5.41) is 8.82. The Labute approximate surface area is 76.5 Å². The van der Waals surface area contributed by atoms with Gasteiger partial charge in [-0.15, -0.1) is 0 Å². The Morgan fingerprint density at radius 3 is 2.69 bits per heavy atom. The number of piperidine rings is 1. The molecule has 5 nitrogen and oxygen atoms in total. The van der Waals surface area contributed by atoms with E-state index in [9.17, 15) is 9.59 Å². The lowest BCUT2D eigenvalue weighted by atomic mass is 10.0. The van der Waals surface area contributed by atoms with Crippen molar-refractivity contribution in [2.45, 2.75) is 25.3 Å². The van der Waals surface area contributed by atoms with Crippen molar-refractivity contribution in [1.29, 1.82) is 0 Å². The van der Waals surface area contributed by atoms with E-state index in [0.29, 0.717) is 13.0 Å². The summed E-state index contributed by atoms with van der Waals surface area (Å²) < 4.78 is 0. The van der Waals surface area contributed by atoms with Crippen molar-refractivity contribution in [1.82, 2.24) is 4.90 Å². The van der Waals surface area contributed by atoms with E-state index in [-0.39, 0.29) is 12.5 Å². The van der Waals surface area contributed by atoms with Crippen LogP contribution in [0.5, 0.6) is 0 Å². The second kappa shape index (κ2) is 4.23. The van der Waals surface area contributed by atoms with E-state index in [0.717, 1.165) is 12.8 Å². The molecular formula is C8H14N2O3. The molecule has 1 saturated heterocycles. The number of nitrogens with zero attached hydrogens (tertiary/aromatic N) is 1. The molecule has 0 spiro atoms. The molecule has 1 unspecified atom stereocenters. The zero-order valence-electron chi connectivity index (χ0n) is 7.40. The van der Waals surface area contributed by atoms with Gasteiger partial charge in [0.25, 0.3) is 0 Å². The van der Waals surface area contributed by atoms with Gasteiger partial charge in [0.1, 0.15) is 6.04 Å². The van der Waals surface area contributed by atoms with E-state index < -0.39 is 12.0 Å². The van der Waals surface area contributed by atoms with E-state index in [4.69, 9.17) is 10.8 Å². The molecule has 0 aromatic rings. The van der Waals surface area contributed by atoms with Gasteiger partial charge in [-0.3, -0.25) is 4.79 Å². The number of carbonyl (C=O) groups excluding carboxylic acids is 1. The number of hydrogen-bond donors (Lipinski definition) is 2. The Bertz CT molecular complexity index is 217. The maximum atomic E-state index is 11.2. The molecule has 0 aromatic heterocycles. The average Bonchev–Trinajstić information content (AvgIpc) is 2.16. The Morgan fingerprint density at radius 2 is 2.15 bits per heavy atom. The number of carboxylic acid groups (broad SMARTS) is 1. The van der Waals surface area contributed by atoms with Gasteiger partial charge in [-0.05, 0) is 19.3 Å². The lowest BCUT2D eigenvalue weighted by Gasteiger charge is -2.32. The molecule has 3 N–H and O–H groups in total. The van der Waals surface area contributed by atoms with Crippen LogP contribution in [0.15, 0.2) is 0 Å². The third-order valence-corrected chi connectivity index (χ3v) is 2.28. The van der Waals surface area contributed by atoms with Crippen molar-refractivity contribution in [3.8, 4) is 0 Å². The SMILES string of the molecule is NCC(=O)N1CCCCC1C(=O)O. The summed E-state index contributed by atoms with van der Waals surface area (Å²) in [5.74, 6) is -1.20. The maximum Gasteiger partial charge on any atom is 0.326 e. The van der Waals surface area contributed by atoms with Gasteiger partial charge in [-0.1, -0.05) is 0 Å². The van der Waals surface area contributed by atoms with Crippen molar-refractivity contribution < 1.29 is 14.7 Å². The fourth-order valence-electron chi connectivity index (χ4n) is 1.60. The molecule has 1 atom stereocenters. The van der Waals surface area contributed by atoms with Crippen LogP contribution in [-0.2, 0) is 9.59 Å². The van der Waals surface area contributed by atoms with Gasteiger partial charge in [-0.25, -0.2) is 4.79 Å². The zero-order chi connectivity index (χ0) is 9.84. The summed E-state index contributed by atoms with van der Waals surface area (Å²) >= 11 is 0. The molecule has 0 saturated carbocycles. The van der Waals surface area contributed by atoms with Crippen LogP contribution in [0.3, 0.4) is 0 Å². The first-order valence-electron chi connectivity index (χ1n) is 4.39. The van der Waals surface area contributed by atoms with Gasteiger partial charge in [0.05, 0.1) is 6.54 Å². The number of carbonyl (C=O) groups is 2. The molecule has 1 aliphatic rings. The van der Waals surface area contributed by atoms with Crippen LogP contribution >= 0.6 is 0 Å². The first-order chi connectivity index (χ1) is 6.16. The van der Waals surface area contributed by atoms with Crippen LogP contribution in [0.25, 0.3) is 0 Å². The normalized spacial score (nSPS) is 22.8. The van der Waals surface area contributed by atoms with Gasteiger partial charge in [0.2, 0.25) is 5.91 Å². The third-order valence-electron chi connectivity index (χ3n) is 2.28. The second-order valence-electron chi connectivity index (χ2n) is 3.14. The Hall–Kier alpha value is -1.10. The molecule has 0 bridgehead atoms. The third kappa shape index (κ3) is 2.18. The molecule has 1 aliphatic heterocycles. The zero-order valence-corrected chi connectivity index (χ0v) is 7.40. The minimum atomic E-state index is -0.929. The van der Waals surface area contributed by atoms with Crippen LogP contribution in [0.4, 0.5) is 0 Å². The van der Waals surface area contributed by atoms with Crippen molar-refractivity contribution in [3.63, 3.8) is 0 Å². The van der Waals surface area contributed by atoms with Gasteiger partial charge in [0.15, 0.2) is 0 Å². The predicted octanol–water partition coefficient (Wildman–Crippen LogP) is -0.589. The Morgan fingerprint density at radius 1 is 1.46 bits per heavy atom. The Kier molecular flexibility index (Phi) is 3.25. The van der Waals surface area contributed by atoms with Gasteiger partial charge in [0, 0.05) is 6.54 Å². The highest BCUT2D eigenvalue weighted by atomic mass is 16.4. The largest absolute Gasteiger partial charge is 0.480 e. The van der Waals surface area contributed by atoms with Crippen LogP contribution in [0, 0.1) is 0 Å². The molecule has 1 fully saturated rings.